The zero-order valence-corrected chi connectivity index (χ0v) is 13.1. The lowest BCUT2D eigenvalue weighted by molar-refractivity contribution is 0.574. The zero-order valence-electron chi connectivity index (χ0n) is 12.3. The van der Waals surface area contributed by atoms with Crippen molar-refractivity contribution in [2.45, 2.75) is 57.2 Å². The summed E-state index contributed by atoms with van der Waals surface area (Å²) < 4.78 is 0. The topological polar surface area (TPSA) is 12.0 Å². The van der Waals surface area contributed by atoms with Crippen LogP contribution >= 0.6 is 11.8 Å². The van der Waals surface area contributed by atoms with Gasteiger partial charge in [0.1, 0.15) is 0 Å². The summed E-state index contributed by atoms with van der Waals surface area (Å²) in [6.07, 6.45) is 6.94. The Balaban J connectivity index is 1.96. The van der Waals surface area contributed by atoms with Crippen LogP contribution in [0.25, 0.3) is 0 Å². The molecule has 106 valence electrons. The molecule has 1 unspecified atom stereocenters. The van der Waals surface area contributed by atoms with Gasteiger partial charge < -0.3 is 5.32 Å². The van der Waals surface area contributed by atoms with Gasteiger partial charge in [-0.05, 0) is 43.9 Å². The largest absolute Gasteiger partial charge is 0.309 e. The van der Waals surface area contributed by atoms with Gasteiger partial charge in [0, 0.05) is 17.0 Å². The van der Waals surface area contributed by atoms with Gasteiger partial charge in [0.2, 0.25) is 0 Å². The molecule has 0 amide bonds. The molecule has 2 heteroatoms. The van der Waals surface area contributed by atoms with Crippen molar-refractivity contribution < 1.29 is 0 Å². The molecule has 1 atom stereocenters. The molecule has 0 heterocycles. The molecule has 1 aromatic rings. The first kappa shape index (κ1) is 14.9. The molecular weight excluding hydrogens is 250 g/mol. The quantitative estimate of drug-likeness (QED) is 0.774. The lowest BCUT2D eigenvalue weighted by atomic mass is 10.0. The SMILES string of the molecule is CCCNC(CSC1CCCC1)c1ccccc1C. The minimum Gasteiger partial charge on any atom is -0.309 e. The summed E-state index contributed by atoms with van der Waals surface area (Å²) in [4.78, 5) is 0. The standard InChI is InChI=1S/C17H27NS/c1-3-12-18-17(13-19-15-9-5-6-10-15)16-11-7-4-8-14(16)2/h4,7-8,11,15,17-18H,3,5-6,9-10,12-13H2,1-2H3. The first-order valence-electron chi connectivity index (χ1n) is 7.71. The van der Waals surface area contributed by atoms with E-state index in [1.165, 1.54) is 49.0 Å². The van der Waals surface area contributed by atoms with Gasteiger partial charge in [-0.3, -0.25) is 0 Å². The first-order valence-corrected chi connectivity index (χ1v) is 8.76. The summed E-state index contributed by atoms with van der Waals surface area (Å²) in [5, 5.41) is 4.64. The van der Waals surface area contributed by atoms with Crippen LogP contribution in [0.1, 0.15) is 56.2 Å². The van der Waals surface area contributed by atoms with Crippen LogP contribution in [0.4, 0.5) is 0 Å². The van der Waals surface area contributed by atoms with E-state index in [4.69, 9.17) is 0 Å². The van der Waals surface area contributed by atoms with Crippen molar-refractivity contribution in [2.24, 2.45) is 0 Å². The van der Waals surface area contributed by atoms with Crippen LogP contribution in [0, 0.1) is 6.92 Å². The molecule has 1 saturated carbocycles. The Labute approximate surface area is 122 Å². The minimum atomic E-state index is 0.520. The third-order valence-corrected chi connectivity index (χ3v) is 5.47. The van der Waals surface area contributed by atoms with Crippen LogP contribution in [0.3, 0.4) is 0 Å². The molecule has 19 heavy (non-hydrogen) atoms. The van der Waals surface area contributed by atoms with Gasteiger partial charge in [0.15, 0.2) is 0 Å². The Hall–Kier alpha value is -0.470. The molecule has 1 N–H and O–H groups in total. The van der Waals surface area contributed by atoms with E-state index in [0.717, 1.165) is 11.8 Å². The average Bonchev–Trinajstić information content (AvgIpc) is 2.93. The number of hydrogen-bond acceptors (Lipinski definition) is 2. The maximum Gasteiger partial charge on any atom is 0.0414 e. The summed E-state index contributed by atoms with van der Waals surface area (Å²) in [6.45, 7) is 5.59. The zero-order chi connectivity index (χ0) is 13.5. The second kappa shape index (κ2) is 7.96. The van der Waals surface area contributed by atoms with E-state index in [9.17, 15) is 0 Å². The van der Waals surface area contributed by atoms with Crippen molar-refractivity contribution in [3.8, 4) is 0 Å². The van der Waals surface area contributed by atoms with Gasteiger partial charge in [-0.2, -0.15) is 11.8 Å². The summed E-state index contributed by atoms with van der Waals surface area (Å²) in [5.41, 5.74) is 2.91. The van der Waals surface area contributed by atoms with Gasteiger partial charge in [0.25, 0.3) is 0 Å². The molecule has 0 spiro atoms. The Bertz CT molecular complexity index is 371. The molecule has 1 nitrogen and oxygen atoms in total. The number of thioether (sulfide) groups is 1. The predicted octanol–water partition coefficient (Wildman–Crippen LogP) is 4.71. The highest BCUT2D eigenvalue weighted by molar-refractivity contribution is 7.99. The van der Waals surface area contributed by atoms with Gasteiger partial charge in [-0.15, -0.1) is 0 Å². The number of rotatable bonds is 7. The van der Waals surface area contributed by atoms with E-state index in [1.807, 2.05) is 0 Å². The maximum absolute atomic E-state index is 3.73. The molecule has 1 aromatic carbocycles. The summed E-state index contributed by atoms with van der Waals surface area (Å²) in [6, 6.07) is 9.35. The Morgan fingerprint density at radius 1 is 1.26 bits per heavy atom. The van der Waals surface area contributed by atoms with E-state index in [1.54, 1.807) is 0 Å². The monoisotopic (exact) mass is 277 g/mol. The van der Waals surface area contributed by atoms with Gasteiger partial charge in [-0.25, -0.2) is 0 Å². The van der Waals surface area contributed by atoms with Crippen molar-refractivity contribution in [2.75, 3.05) is 12.3 Å². The predicted molar refractivity (Wildman–Crippen MR) is 86.9 cm³/mol. The van der Waals surface area contributed by atoms with Gasteiger partial charge >= 0.3 is 0 Å². The second-order valence-corrected chi connectivity index (χ2v) is 6.94. The van der Waals surface area contributed by atoms with Crippen molar-refractivity contribution in [3.05, 3.63) is 35.4 Å². The molecule has 0 aliphatic heterocycles. The summed E-state index contributed by atoms with van der Waals surface area (Å²) in [5.74, 6) is 1.22. The lowest BCUT2D eigenvalue weighted by Gasteiger charge is -2.22. The number of aryl methyl sites for hydroxylation is 1. The summed E-state index contributed by atoms with van der Waals surface area (Å²) >= 11 is 2.18. The third-order valence-electron chi connectivity index (χ3n) is 4.01. The van der Waals surface area contributed by atoms with Crippen LogP contribution in [-0.4, -0.2) is 17.5 Å². The van der Waals surface area contributed by atoms with Crippen LogP contribution in [0.15, 0.2) is 24.3 Å². The Kier molecular flexibility index (Phi) is 6.25. The van der Waals surface area contributed by atoms with E-state index >= 15 is 0 Å². The van der Waals surface area contributed by atoms with Gasteiger partial charge in [-0.1, -0.05) is 44.0 Å². The van der Waals surface area contributed by atoms with E-state index < -0.39 is 0 Å². The normalized spacial score (nSPS) is 17.8. The summed E-state index contributed by atoms with van der Waals surface area (Å²) in [7, 11) is 0. The average molecular weight is 277 g/mol. The molecule has 0 bridgehead atoms. The molecule has 1 aliphatic carbocycles. The molecule has 0 aromatic heterocycles. The van der Waals surface area contributed by atoms with Crippen LogP contribution < -0.4 is 5.32 Å². The first-order chi connectivity index (χ1) is 9.31. The van der Waals surface area contributed by atoms with Crippen LogP contribution in [-0.2, 0) is 0 Å². The number of hydrogen-bond donors (Lipinski definition) is 1. The van der Waals surface area contributed by atoms with Crippen molar-refractivity contribution in [3.63, 3.8) is 0 Å². The molecule has 1 fully saturated rings. The van der Waals surface area contributed by atoms with Crippen molar-refractivity contribution in [1.82, 2.24) is 5.32 Å². The minimum absolute atomic E-state index is 0.520. The van der Waals surface area contributed by atoms with Crippen molar-refractivity contribution in [1.29, 1.82) is 0 Å². The fourth-order valence-electron chi connectivity index (χ4n) is 2.84. The highest BCUT2D eigenvalue weighted by atomic mass is 32.2. The van der Waals surface area contributed by atoms with Crippen molar-refractivity contribution >= 4 is 11.8 Å². The fourth-order valence-corrected chi connectivity index (χ4v) is 4.27. The second-order valence-electron chi connectivity index (χ2n) is 5.60. The van der Waals surface area contributed by atoms with Crippen LogP contribution in [0.5, 0.6) is 0 Å². The number of benzene rings is 1. The lowest BCUT2D eigenvalue weighted by Crippen LogP contribution is -2.25. The Morgan fingerprint density at radius 3 is 2.68 bits per heavy atom. The van der Waals surface area contributed by atoms with Gasteiger partial charge in [0.05, 0.1) is 0 Å². The third kappa shape index (κ3) is 4.54. The van der Waals surface area contributed by atoms with Crippen LogP contribution in [0.2, 0.25) is 0 Å². The van der Waals surface area contributed by atoms with E-state index in [2.05, 4.69) is 55.2 Å². The molecule has 0 saturated heterocycles. The fraction of sp³-hybridized carbons (Fsp3) is 0.647. The maximum atomic E-state index is 3.73. The molecule has 1 aliphatic rings. The highest BCUT2D eigenvalue weighted by Crippen LogP contribution is 2.32. The van der Waals surface area contributed by atoms with E-state index in [-0.39, 0.29) is 0 Å². The molecule has 2 rings (SSSR count). The molecular formula is C17H27NS. The highest BCUT2D eigenvalue weighted by Gasteiger charge is 2.19. The smallest absolute Gasteiger partial charge is 0.0414 e. The van der Waals surface area contributed by atoms with E-state index in [0.29, 0.717) is 6.04 Å². The molecule has 0 radical (unpaired) electrons. The Morgan fingerprint density at radius 2 is 2.00 bits per heavy atom. The number of nitrogens with one attached hydrogen (secondary N) is 1.